The van der Waals surface area contributed by atoms with Gasteiger partial charge in [-0.05, 0) is 23.1 Å². The van der Waals surface area contributed by atoms with Crippen molar-refractivity contribution in [2.45, 2.75) is 26.3 Å². The topological polar surface area (TPSA) is 47.9 Å². The van der Waals surface area contributed by atoms with Crippen molar-refractivity contribution in [1.29, 1.82) is 0 Å². The van der Waals surface area contributed by atoms with Crippen molar-refractivity contribution in [3.8, 4) is 11.5 Å². The fourth-order valence-corrected chi connectivity index (χ4v) is 2.40. The Bertz CT molecular complexity index is 480. The van der Waals surface area contributed by atoms with E-state index in [-0.39, 0.29) is 12.5 Å². The summed E-state index contributed by atoms with van der Waals surface area (Å²) in [5.74, 6) is 1.22. The molecule has 18 heavy (non-hydrogen) atoms. The Hall–Kier alpha value is -1.51. The lowest BCUT2D eigenvalue weighted by Crippen LogP contribution is -2.02. The molecule has 0 spiro atoms. The molecule has 0 aliphatic heterocycles. The van der Waals surface area contributed by atoms with Gasteiger partial charge >= 0.3 is 0 Å². The summed E-state index contributed by atoms with van der Waals surface area (Å²) in [6.45, 7) is 4.26. The van der Waals surface area contributed by atoms with Crippen LogP contribution in [0.1, 0.15) is 30.9 Å². The standard InChI is InChI=1S/C13H16ClNO3/c1-8(2)11-9(6-15-7-16)5-10(17-3)13(18-4)12(11)14/h5,8H,6H2,1-4H3. The van der Waals surface area contributed by atoms with Crippen LogP contribution < -0.4 is 9.47 Å². The predicted molar refractivity (Wildman–Crippen MR) is 70.5 cm³/mol. The molecule has 0 saturated carbocycles. The molecule has 0 bridgehead atoms. The lowest BCUT2D eigenvalue weighted by atomic mass is 9.96. The van der Waals surface area contributed by atoms with Crippen molar-refractivity contribution in [2.75, 3.05) is 14.2 Å². The highest BCUT2D eigenvalue weighted by Crippen LogP contribution is 2.42. The number of methoxy groups -OCH3 is 2. The maximum Gasteiger partial charge on any atom is 0.235 e. The largest absolute Gasteiger partial charge is 0.493 e. The smallest absolute Gasteiger partial charge is 0.235 e. The number of ether oxygens (including phenoxy) is 2. The van der Waals surface area contributed by atoms with E-state index in [0.717, 1.165) is 11.1 Å². The first kappa shape index (κ1) is 14.6. The lowest BCUT2D eigenvalue weighted by molar-refractivity contribution is 0.354. The van der Waals surface area contributed by atoms with Crippen LogP contribution in [0.4, 0.5) is 0 Å². The van der Waals surface area contributed by atoms with Crippen LogP contribution in [0.2, 0.25) is 5.02 Å². The number of nitrogens with zero attached hydrogens (tertiary/aromatic N) is 1. The SMILES string of the molecule is COc1cc(CN=C=O)c(C(C)C)c(Cl)c1OC. The maximum absolute atomic E-state index is 10.2. The molecule has 0 amide bonds. The molecular formula is C13H16ClNO3. The van der Waals surface area contributed by atoms with E-state index in [2.05, 4.69) is 4.99 Å². The average Bonchev–Trinajstić information content (AvgIpc) is 2.34. The molecule has 0 heterocycles. The van der Waals surface area contributed by atoms with Crippen molar-refractivity contribution < 1.29 is 14.3 Å². The molecule has 98 valence electrons. The van der Waals surface area contributed by atoms with Gasteiger partial charge in [0, 0.05) is 0 Å². The van der Waals surface area contributed by atoms with Crippen LogP contribution in [-0.2, 0) is 11.3 Å². The molecule has 0 atom stereocenters. The number of aliphatic imine (C=N–C) groups is 1. The highest BCUT2D eigenvalue weighted by Gasteiger charge is 2.19. The Kier molecular flexibility index (Phi) is 5.20. The maximum atomic E-state index is 10.2. The molecule has 1 aromatic rings. The van der Waals surface area contributed by atoms with E-state index >= 15 is 0 Å². The van der Waals surface area contributed by atoms with Gasteiger partial charge in [-0.3, -0.25) is 0 Å². The predicted octanol–water partition coefficient (Wildman–Crippen LogP) is 3.32. The molecule has 4 nitrogen and oxygen atoms in total. The fourth-order valence-electron chi connectivity index (χ4n) is 1.89. The number of carbonyl (C=O) groups excluding carboxylic acids is 1. The van der Waals surface area contributed by atoms with E-state index in [1.807, 2.05) is 13.8 Å². The molecular weight excluding hydrogens is 254 g/mol. The molecule has 0 aromatic heterocycles. The number of halogens is 1. The van der Waals surface area contributed by atoms with Gasteiger partial charge in [0.25, 0.3) is 0 Å². The molecule has 0 radical (unpaired) electrons. The number of hydrogen-bond acceptors (Lipinski definition) is 4. The molecule has 0 unspecified atom stereocenters. The van der Waals surface area contributed by atoms with Crippen molar-refractivity contribution in [3.05, 3.63) is 22.2 Å². The third kappa shape index (κ3) is 2.84. The van der Waals surface area contributed by atoms with Gasteiger partial charge in [0.1, 0.15) is 0 Å². The van der Waals surface area contributed by atoms with Gasteiger partial charge in [-0.2, -0.15) is 0 Å². The first-order valence-electron chi connectivity index (χ1n) is 5.53. The third-order valence-corrected chi connectivity index (χ3v) is 3.00. The zero-order chi connectivity index (χ0) is 13.7. The van der Waals surface area contributed by atoms with E-state index in [9.17, 15) is 4.79 Å². The van der Waals surface area contributed by atoms with Crippen LogP contribution in [0.5, 0.6) is 11.5 Å². The number of hydrogen-bond donors (Lipinski definition) is 0. The summed E-state index contributed by atoms with van der Waals surface area (Å²) in [7, 11) is 3.08. The van der Waals surface area contributed by atoms with Crippen LogP contribution in [-0.4, -0.2) is 20.3 Å². The summed E-state index contributed by atoms with van der Waals surface area (Å²) >= 11 is 6.33. The number of benzene rings is 1. The molecule has 0 aliphatic carbocycles. The minimum Gasteiger partial charge on any atom is -0.493 e. The van der Waals surface area contributed by atoms with E-state index < -0.39 is 0 Å². The summed E-state index contributed by atoms with van der Waals surface area (Å²) in [5, 5.41) is 0.503. The van der Waals surface area contributed by atoms with Crippen molar-refractivity contribution in [1.82, 2.24) is 0 Å². The summed E-state index contributed by atoms with van der Waals surface area (Å²) < 4.78 is 10.5. The molecule has 1 rings (SSSR count). The minimum absolute atomic E-state index is 0.189. The van der Waals surface area contributed by atoms with Crippen molar-refractivity contribution in [2.24, 2.45) is 4.99 Å². The van der Waals surface area contributed by atoms with Gasteiger partial charge in [-0.15, -0.1) is 0 Å². The summed E-state index contributed by atoms with van der Waals surface area (Å²) in [4.78, 5) is 13.8. The van der Waals surface area contributed by atoms with E-state index in [0.29, 0.717) is 16.5 Å². The minimum atomic E-state index is 0.189. The molecule has 0 aliphatic rings. The van der Waals surface area contributed by atoms with Crippen LogP contribution in [0.15, 0.2) is 11.1 Å². The van der Waals surface area contributed by atoms with Crippen molar-refractivity contribution in [3.63, 3.8) is 0 Å². The van der Waals surface area contributed by atoms with Crippen LogP contribution in [0, 0.1) is 0 Å². The van der Waals surface area contributed by atoms with Gasteiger partial charge < -0.3 is 9.47 Å². The van der Waals surface area contributed by atoms with Crippen molar-refractivity contribution >= 4 is 17.7 Å². The zero-order valence-corrected chi connectivity index (χ0v) is 11.7. The Morgan fingerprint density at radius 3 is 2.50 bits per heavy atom. The summed E-state index contributed by atoms with van der Waals surface area (Å²) in [6.07, 6.45) is 1.53. The number of isocyanates is 1. The highest BCUT2D eigenvalue weighted by atomic mass is 35.5. The van der Waals surface area contributed by atoms with E-state index in [1.54, 1.807) is 6.07 Å². The van der Waals surface area contributed by atoms with E-state index in [1.165, 1.54) is 20.3 Å². The Labute approximate surface area is 112 Å². The molecule has 0 fully saturated rings. The van der Waals surface area contributed by atoms with Gasteiger partial charge in [-0.1, -0.05) is 25.4 Å². The Morgan fingerprint density at radius 1 is 1.39 bits per heavy atom. The normalized spacial score (nSPS) is 10.1. The number of rotatable bonds is 5. The van der Waals surface area contributed by atoms with E-state index in [4.69, 9.17) is 21.1 Å². The Morgan fingerprint density at radius 2 is 2.06 bits per heavy atom. The van der Waals surface area contributed by atoms with Gasteiger partial charge in [0.2, 0.25) is 6.08 Å². The first-order chi connectivity index (χ1) is 8.56. The average molecular weight is 270 g/mol. The summed E-state index contributed by atoms with van der Waals surface area (Å²) in [6, 6.07) is 1.79. The van der Waals surface area contributed by atoms with Crippen LogP contribution in [0.25, 0.3) is 0 Å². The van der Waals surface area contributed by atoms with Crippen LogP contribution >= 0.6 is 11.6 Å². The molecule has 5 heteroatoms. The second kappa shape index (κ2) is 6.43. The van der Waals surface area contributed by atoms with Gasteiger partial charge in [-0.25, -0.2) is 9.79 Å². The Balaban J connectivity index is 3.48. The second-order valence-corrected chi connectivity index (χ2v) is 4.44. The fraction of sp³-hybridized carbons (Fsp3) is 0.462. The third-order valence-electron chi connectivity index (χ3n) is 2.63. The quantitative estimate of drug-likeness (QED) is 0.609. The van der Waals surface area contributed by atoms with Gasteiger partial charge in [0.15, 0.2) is 11.5 Å². The summed E-state index contributed by atoms with van der Waals surface area (Å²) in [5.41, 5.74) is 1.75. The first-order valence-corrected chi connectivity index (χ1v) is 5.91. The van der Waals surface area contributed by atoms with Crippen LogP contribution in [0.3, 0.4) is 0 Å². The van der Waals surface area contributed by atoms with Gasteiger partial charge in [0.05, 0.1) is 25.8 Å². The monoisotopic (exact) mass is 269 g/mol. The molecule has 0 N–H and O–H groups in total. The lowest BCUT2D eigenvalue weighted by Gasteiger charge is -2.18. The highest BCUT2D eigenvalue weighted by molar-refractivity contribution is 6.33. The molecule has 1 aromatic carbocycles. The second-order valence-electron chi connectivity index (χ2n) is 4.06. The molecule has 0 saturated heterocycles. The zero-order valence-electron chi connectivity index (χ0n) is 10.9.